The normalized spacial score (nSPS) is 14.7. The van der Waals surface area contributed by atoms with Crippen LogP contribution in [-0.4, -0.2) is 54.2 Å². The molecule has 40 heavy (non-hydrogen) atoms. The fourth-order valence-corrected chi connectivity index (χ4v) is 4.20. The van der Waals surface area contributed by atoms with Gasteiger partial charge in [-0.1, -0.05) is 91.0 Å². The lowest BCUT2D eigenvalue weighted by molar-refractivity contribution is -0.176. The molecule has 0 aromatic heterocycles. The van der Waals surface area contributed by atoms with Crippen LogP contribution >= 0.6 is 0 Å². The van der Waals surface area contributed by atoms with Gasteiger partial charge in [-0.05, 0) is 44.4 Å². The zero-order valence-electron chi connectivity index (χ0n) is 24.0. The summed E-state index contributed by atoms with van der Waals surface area (Å²) in [6, 6.07) is 29.5. The van der Waals surface area contributed by atoms with Crippen LogP contribution in [0.5, 0.6) is 0 Å². The monoisotopic (exact) mass is 549 g/mol. The summed E-state index contributed by atoms with van der Waals surface area (Å²) in [5.41, 5.74) is 2.40. The first-order valence-electron chi connectivity index (χ1n) is 13.8. The van der Waals surface area contributed by atoms with E-state index in [0.717, 1.165) is 16.7 Å². The van der Waals surface area contributed by atoms with Gasteiger partial charge in [0.2, 0.25) is 0 Å². The number of benzene rings is 3. The molecule has 4 atom stereocenters. The Morgan fingerprint density at radius 3 is 1.57 bits per heavy atom. The number of esters is 1. The number of hydrogen-bond donors (Lipinski definition) is 2. The Bertz CT molecular complexity index is 1100. The number of ether oxygens (including phenoxy) is 4. The van der Waals surface area contributed by atoms with Crippen molar-refractivity contribution in [1.82, 2.24) is 5.32 Å². The first kappa shape index (κ1) is 31.5. The van der Waals surface area contributed by atoms with Gasteiger partial charge >= 0.3 is 5.97 Å². The molecule has 7 heteroatoms. The van der Waals surface area contributed by atoms with Crippen LogP contribution in [0.4, 0.5) is 0 Å². The SMILES string of the molecule is C[C@H](O)[C@H](OCc1ccccc1)[C@@H](OCc1ccccc1)[C@H](CNCC(=O)OC(C)(C)C)OCc1ccccc1. The standard InChI is InChI=1S/C33H43NO6/c1-25(35)31(38-23-27-16-10-6-11-17-27)32(39-24-28-18-12-7-13-19-28)29(37-22-26-14-8-5-9-15-26)20-34-21-30(36)40-33(2,3)4/h5-19,25,29,31-32,34-35H,20-24H2,1-4H3/t25-,29-,31-,32-/m0/s1. The maximum absolute atomic E-state index is 12.4. The molecule has 3 aromatic rings. The Morgan fingerprint density at radius 1 is 0.725 bits per heavy atom. The zero-order chi connectivity index (χ0) is 28.8. The minimum absolute atomic E-state index is 0.0120. The van der Waals surface area contributed by atoms with Gasteiger partial charge in [-0.15, -0.1) is 0 Å². The van der Waals surface area contributed by atoms with E-state index >= 15 is 0 Å². The minimum atomic E-state index is -0.849. The minimum Gasteiger partial charge on any atom is -0.459 e. The molecule has 0 aliphatic carbocycles. The van der Waals surface area contributed by atoms with Gasteiger partial charge in [-0.3, -0.25) is 4.79 Å². The first-order chi connectivity index (χ1) is 19.2. The van der Waals surface area contributed by atoms with Gasteiger partial charge in [-0.25, -0.2) is 0 Å². The molecule has 3 rings (SSSR count). The molecule has 0 amide bonds. The highest BCUT2D eigenvalue weighted by molar-refractivity contribution is 5.72. The second-order valence-corrected chi connectivity index (χ2v) is 10.8. The van der Waals surface area contributed by atoms with Crippen molar-refractivity contribution >= 4 is 5.97 Å². The van der Waals surface area contributed by atoms with Gasteiger partial charge in [0.1, 0.15) is 17.8 Å². The lowest BCUT2D eigenvalue weighted by atomic mass is 10.0. The Labute approximate surface area is 238 Å². The van der Waals surface area contributed by atoms with Gasteiger partial charge in [0, 0.05) is 6.54 Å². The van der Waals surface area contributed by atoms with E-state index < -0.39 is 30.0 Å². The van der Waals surface area contributed by atoms with Crippen molar-refractivity contribution in [2.75, 3.05) is 13.1 Å². The van der Waals surface area contributed by atoms with Crippen LogP contribution in [0.25, 0.3) is 0 Å². The Hall–Kier alpha value is -3.07. The number of carbonyl (C=O) groups excluding carboxylic acids is 1. The molecule has 0 saturated carbocycles. The van der Waals surface area contributed by atoms with Crippen molar-refractivity contribution in [2.45, 2.75) is 77.5 Å². The second-order valence-electron chi connectivity index (χ2n) is 10.8. The van der Waals surface area contributed by atoms with E-state index in [9.17, 15) is 9.90 Å². The predicted octanol–water partition coefficient (Wildman–Crippen LogP) is 5.05. The van der Waals surface area contributed by atoms with Crippen molar-refractivity contribution in [3.8, 4) is 0 Å². The van der Waals surface area contributed by atoms with Gasteiger partial charge in [-0.2, -0.15) is 0 Å². The summed E-state index contributed by atoms with van der Waals surface area (Å²) in [5.74, 6) is -0.358. The molecular formula is C33H43NO6. The van der Waals surface area contributed by atoms with Crippen LogP contribution < -0.4 is 5.32 Å². The quantitative estimate of drug-likeness (QED) is 0.242. The van der Waals surface area contributed by atoms with E-state index in [-0.39, 0.29) is 19.1 Å². The molecule has 0 aliphatic heterocycles. The highest BCUT2D eigenvalue weighted by atomic mass is 16.6. The van der Waals surface area contributed by atoms with Crippen LogP contribution in [0.1, 0.15) is 44.4 Å². The highest BCUT2D eigenvalue weighted by Gasteiger charge is 2.35. The molecule has 0 heterocycles. The Morgan fingerprint density at radius 2 is 1.15 bits per heavy atom. The number of aliphatic hydroxyl groups is 1. The van der Waals surface area contributed by atoms with Crippen molar-refractivity contribution in [3.05, 3.63) is 108 Å². The topological polar surface area (TPSA) is 86.2 Å². The van der Waals surface area contributed by atoms with Crippen molar-refractivity contribution in [2.24, 2.45) is 0 Å². The lowest BCUT2D eigenvalue weighted by Gasteiger charge is -2.35. The summed E-state index contributed by atoms with van der Waals surface area (Å²) in [6.45, 7) is 8.43. The molecule has 0 bridgehead atoms. The third-order valence-corrected chi connectivity index (χ3v) is 6.08. The Kier molecular flexibility index (Phi) is 12.8. The lowest BCUT2D eigenvalue weighted by Crippen LogP contribution is -2.51. The average Bonchev–Trinajstić information content (AvgIpc) is 2.93. The fourth-order valence-electron chi connectivity index (χ4n) is 4.20. The number of nitrogens with one attached hydrogen (secondary N) is 1. The summed E-state index contributed by atoms with van der Waals surface area (Å²) in [7, 11) is 0. The van der Waals surface area contributed by atoms with Crippen LogP contribution in [0.15, 0.2) is 91.0 Å². The number of carbonyl (C=O) groups is 1. The maximum Gasteiger partial charge on any atom is 0.320 e. The third-order valence-electron chi connectivity index (χ3n) is 6.08. The summed E-state index contributed by atoms with van der Waals surface area (Å²) in [4.78, 5) is 12.4. The third kappa shape index (κ3) is 11.6. The van der Waals surface area contributed by atoms with E-state index in [1.165, 1.54) is 0 Å². The smallest absolute Gasteiger partial charge is 0.320 e. The van der Waals surface area contributed by atoms with Crippen LogP contribution in [0.3, 0.4) is 0 Å². The van der Waals surface area contributed by atoms with Crippen LogP contribution in [0, 0.1) is 0 Å². The first-order valence-corrected chi connectivity index (χ1v) is 13.8. The molecular weight excluding hydrogens is 506 g/mol. The molecule has 0 aliphatic rings. The van der Waals surface area contributed by atoms with Gasteiger partial charge in [0.25, 0.3) is 0 Å². The fraction of sp³-hybridized carbons (Fsp3) is 0.424. The molecule has 0 fully saturated rings. The highest BCUT2D eigenvalue weighted by Crippen LogP contribution is 2.21. The zero-order valence-corrected chi connectivity index (χ0v) is 24.0. The van der Waals surface area contributed by atoms with E-state index in [1.807, 2.05) is 112 Å². The molecule has 3 aromatic carbocycles. The summed E-state index contributed by atoms with van der Waals surface area (Å²) in [6.07, 6.45) is -2.76. The van der Waals surface area contributed by atoms with Crippen molar-refractivity contribution in [1.29, 1.82) is 0 Å². The number of rotatable bonds is 16. The number of hydrogen-bond acceptors (Lipinski definition) is 7. The van der Waals surface area contributed by atoms with Crippen molar-refractivity contribution < 1.29 is 28.8 Å². The molecule has 7 nitrogen and oxygen atoms in total. The average molecular weight is 550 g/mol. The summed E-state index contributed by atoms with van der Waals surface area (Å²) < 4.78 is 24.6. The molecule has 216 valence electrons. The molecule has 0 saturated heterocycles. The van der Waals surface area contributed by atoms with E-state index in [2.05, 4.69) is 5.32 Å². The van der Waals surface area contributed by atoms with Gasteiger partial charge < -0.3 is 29.4 Å². The maximum atomic E-state index is 12.4. The van der Waals surface area contributed by atoms with E-state index in [4.69, 9.17) is 18.9 Å². The number of aliphatic hydroxyl groups excluding tert-OH is 1. The largest absolute Gasteiger partial charge is 0.459 e. The molecule has 0 unspecified atom stereocenters. The van der Waals surface area contributed by atoms with E-state index in [0.29, 0.717) is 19.8 Å². The molecule has 2 N–H and O–H groups in total. The van der Waals surface area contributed by atoms with Crippen LogP contribution in [-0.2, 0) is 43.6 Å². The van der Waals surface area contributed by atoms with E-state index in [1.54, 1.807) is 6.92 Å². The molecule has 0 radical (unpaired) electrons. The van der Waals surface area contributed by atoms with Crippen molar-refractivity contribution in [3.63, 3.8) is 0 Å². The Balaban J connectivity index is 1.82. The van der Waals surface area contributed by atoms with Gasteiger partial charge in [0.05, 0.1) is 38.6 Å². The van der Waals surface area contributed by atoms with Crippen LogP contribution in [0.2, 0.25) is 0 Å². The molecule has 0 spiro atoms. The second kappa shape index (κ2) is 16.3. The summed E-state index contributed by atoms with van der Waals surface area (Å²) in [5, 5.41) is 14.1. The van der Waals surface area contributed by atoms with Gasteiger partial charge in [0.15, 0.2) is 0 Å². The predicted molar refractivity (Wildman–Crippen MR) is 155 cm³/mol. The summed E-state index contributed by atoms with van der Waals surface area (Å²) >= 11 is 0.